The van der Waals surface area contributed by atoms with Crippen molar-refractivity contribution in [3.05, 3.63) is 16.8 Å². The van der Waals surface area contributed by atoms with Crippen molar-refractivity contribution in [2.24, 2.45) is 0 Å². The molecule has 0 N–H and O–H groups in total. The number of aryl methyl sites for hydroxylation is 2. The monoisotopic (exact) mass is 418 g/mol. The smallest absolute Gasteiger partial charge is 0.189 e. The van der Waals surface area contributed by atoms with Crippen molar-refractivity contribution in [2.45, 2.75) is 55.6 Å². The van der Waals surface area contributed by atoms with Gasteiger partial charge in [-0.2, -0.15) is 0 Å². The highest BCUT2D eigenvalue weighted by Gasteiger charge is 2.24. The number of unbranched alkanes of at least 4 members (excludes halogenated alkanes) is 1. The number of rotatable bonds is 7. The molecule has 0 atom stereocenters. The molecule has 3 aromatic heterocycles. The third-order valence-electron chi connectivity index (χ3n) is 4.84. The number of aromatic nitrogens is 3. The molecule has 1 aliphatic carbocycles. The molecular weight excluding hydrogens is 398 g/mol. The SMILES string of the molecule is CCCCc1nc2sc3c(SCC(=O)[O-])nc(SC)nc3c2c2c1CCC2. The highest BCUT2D eigenvalue weighted by Crippen LogP contribution is 2.42. The van der Waals surface area contributed by atoms with Crippen molar-refractivity contribution in [1.82, 2.24) is 15.0 Å². The van der Waals surface area contributed by atoms with E-state index in [0.29, 0.717) is 5.16 Å². The second kappa shape index (κ2) is 7.93. The average molecular weight is 419 g/mol. The highest BCUT2D eigenvalue weighted by atomic mass is 32.2. The molecule has 0 aromatic carbocycles. The zero-order valence-electron chi connectivity index (χ0n) is 15.3. The van der Waals surface area contributed by atoms with Gasteiger partial charge in [0.05, 0.1) is 16.2 Å². The fourth-order valence-electron chi connectivity index (χ4n) is 3.67. The van der Waals surface area contributed by atoms with Crippen LogP contribution < -0.4 is 5.11 Å². The predicted molar refractivity (Wildman–Crippen MR) is 111 cm³/mol. The van der Waals surface area contributed by atoms with Gasteiger partial charge in [-0.25, -0.2) is 15.0 Å². The summed E-state index contributed by atoms with van der Waals surface area (Å²) in [4.78, 5) is 26.3. The number of thioether (sulfide) groups is 2. The Morgan fingerprint density at radius 1 is 1.22 bits per heavy atom. The third kappa shape index (κ3) is 3.54. The molecule has 0 saturated heterocycles. The van der Waals surface area contributed by atoms with Gasteiger partial charge < -0.3 is 9.90 Å². The first kappa shape index (κ1) is 19.0. The summed E-state index contributed by atoms with van der Waals surface area (Å²) in [6, 6.07) is 0. The Balaban J connectivity index is 1.95. The predicted octanol–water partition coefficient (Wildman–Crippen LogP) is 3.63. The number of carboxylic acid groups (broad SMARTS) is 1. The van der Waals surface area contributed by atoms with Crippen molar-refractivity contribution in [3.8, 4) is 0 Å². The standard InChI is InChI=1S/C19H21N3O2S3/c1-3-4-8-12-10-6-5-7-11(10)14-15-16(27-17(14)20-12)18(26-9-13(23)24)22-19(21-15)25-2/h3-9H2,1-2H3,(H,23,24)/p-1. The molecule has 0 fully saturated rings. The summed E-state index contributed by atoms with van der Waals surface area (Å²) in [5, 5.41) is 13.5. The maximum absolute atomic E-state index is 10.9. The number of carbonyl (C=O) groups excluding carboxylic acids is 1. The normalized spacial score (nSPS) is 13.6. The molecule has 0 spiro atoms. The van der Waals surface area contributed by atoms with Gasteiger partial charge in [-0.1, -0.05) is 36.9 Å². The van der Waals surface area contributed by atoms with Crippen molar-refractivity contribution >= 4 is 61.3 Å². The second-order valence-electron chi connectivity index (χ2n) is 6.61. The number of thiophene rings is 1. The molecule has 3 heterocycles. The molecule has 0 radical (unpaired) electrons. The molecule has 8 heteroatoms. The first-order valence-electron chi connectivity index (χ1n) is 9.13. The van der Waals surface area contributed by atoms with E-state index in [2.05, 4.69) is 11.9 Å². The summed E-state index contributed by atoms with van der Waals surface area (Å²) < 4.78 is 0.947. The average Bonchev–Trinajstić information content (AvgIpc) is 3.27. The van der Waals surface area contributed by atoms with E-state index < -0.39 is 5.97 Å². The number of hydrogen-bond acceptors (Lipinski definition) is 8. The van der Waals surface area contributed by atoms with Crippen molar-refractivity contribution in [3.63, 3.8) is 0 Å². The van der Waals surface area contributed by atoms with E-state index in [-0.39, 0.29) is 5.75 Å². The first-order chi connectivity index (χ1) is 13.1. The minimum absolute atomic E-state index is 0.110. The van der Waals surface area contributed by atoms with Crippen LogP contribution in [0, 0.1) is 0 Å². The van der Waals surface area contributed by atoms with Gasteiger partial charge in [-0.3, -0.25) is 0 Å². The van der Waals surface area contributed by atoms with E-state index in [1.165, 1.54) is 46.8 Å². The van der Waals surface area contributed by atoms with E-state index in [9.17, 15) is 9.90 Å². The van der Waals surface area contributed by atoms with Crippen LogP contribution in [0.3, 0.4) is 0 Å². The van der Waals surface area contributed by atoms with Gasteiger partial charge in [0.1, 0.15) is 9.86 Å². The van der Waals surface area contributed by atoms with E-state index in [0.717, 1.165) is 57.6 Å². The number of hydrogen-bond donors (Lipinski definition) is 0. The Labute approximate surface area is 170 Å². The minimum atomic E-state index is -1.08. The van der Waals surface area contributed by atoms with Crippen LogP contribution in [-0.2, 0) is 24.1 Å². The maximum atomic E-state index is 10.9. The van der Waals surface area contributed by atoms with Crippen molar-refractivity contribution < 1.29 is 9.90 Å². The zero-order chi connectivity index (χ0) is 19.0. The summed E-state index contributed by atoms with van der Waals surface area (Å²) in [6.07, 6.45) is 8.61. The van der Waals surface area contributed by atoms with Crippen molar-refractivity contribution in [2.75, 3.05) is 12.0 Å². The van der Waals surface area contributed by atoms with Gasteiger partial charge in [0.15, 0.2) is 5.16 Å². The number of nitrogens with zero attached hydrogens (tertiary/aromatic N) is 3. The summed E-state index contributed by atoms with van der Waals surface area (Å²) in [6.45, 7) is 2.21. The number of fused-ring (bicyclic) bond motifs is 5. The van der Waals surface area contributed by atoms with Gasteiger partial charge in [-0.15, -0.1) is 11.3 Å². The Hall–Kier alpha value is -1.38. The van der Waals surface area contributed by atoms with Gasteiger partial charge in [-0.05, 0) is 49.5 Å². The maximum Gasteiger partial charge on any atom is 0.189 e. The van der Waals surface area contributed by atoms with E-state index in [4.69, 9.17) is 9.97 Å². The number of carbonyl (C=O) groups is 1. The third-order valence-corrected chi connectivity index (χ3v) is 7.55. The summed E-state index contributed by atoms with van der Waals surface area (Å²) in [5.74, 6) is -1.19. The molecule has 0 aliphatic heterocycles. The quantitative estimate of drug-likeness (QED) is 0.329. The molecule has 0 amide bonds. The van der Waals surface area contributed by atoms with Crippen molar-refractivity contribution in [1.29, 1.82) is 0 Å². The Bertz CT molecular complexity index is 1030. The van der Waals surface area contributed by atoms with Crippen LogP contribution in [0.15, 0.2) is 10.2 Å². The highest BCUT2D eigenvalue weighted by molar-refractivity contribution is 8.00. The summed E-state index contributed by atoms with van der Waals surface area (Å²) in [5.41, 5.74) is 5.00. The Morgan fingerprint density at radius 3 is 2.78 bits per heavy atom. The molecule has 5 nitrogen and oxygen atoms in total. The Morgan fingerprint density at radius 2 is 2.04 bits per heavy atom. The molecule has 4 rings (SSSR count). The van der Waals surface area contributed by atoms with Crippen LogP contribution in [0.5, 0.6) is 0 Å². The number of carboxylic acids is 1. The molecule has 0 bridgehead atoms. The van der Waals surface area contributed by atoms with Gasteiger partial charge in [0.25, 0.3) is 0 Å². The first-order valence-corrected chi connectivity index (χ1v) is 12.2. The van der Waals surface area contributed by atoms with Gasteiger partial charge in [0.2, 0.25) is 0 Å². The van der Waals surface area contributed by atoms with Crippen LogP contribution in [0.4, 0.5) is 0 Å². The van der Waals surface area contributed by atoms with Crippen LogP contribution in [0.2, 0.25) is 0 Å². The summed E-state index contributed by atoms with van der Waals surface area (Å²) >= 11 is 4.28. The van der Waals surface area contributed by atoms with E-state index in [1.54, 1.807) is 11.3 Å². The van der Waals surface area contributed by atoms with Gasteiger partial charge >= 0.3 is 0 Å². The fraction of sp³-hybridized carbons (Fsp3) is 0.474. The van der Waals surface area contributed by atoms with Crippen LogP contribution in [0.25, 0.3) is 20.4 Å². The lowest BCUT2D eigenvalue weighted by Gasteiger charge is -2.09. The Kier molecular flexibility index (Phi) is 5.57. The van der Waals surface area contributed by atoms with E-state index >= 15 is 0 Å². The lowest BCUT2D eigenvalue weighted by atomic mass is 10.0. The molecular formula is C19H20N3O2S3-. The fourth-order valence-corrected chi connectivity index (χ4v) is 6.07. The molecule has 0 unspecified atom stereocenters. The minimum Gasteiger partial charge on any atom is -0.549 e. The molecule has 0 saturated carbocycles. The van der Waals surface area contributed by atoms with Crippen LogP contribution in [-0.4, -0.2) is 32.9 Å². The molecule has 27 heavy (non-hydrogen) atoms. The summed E-state index contributed by atoms with van der Waals surface area (Å²) in [7, 11) is 0. The molecule has 142 valence electrons. The molecule has 3 aromatic rings. The zero-order valence-corrected chi connectivity index (χ0v) is 17.8. The second-order valence-corrected chi connectivity index (χ2v) is 9.35. The number of pyridine rings is 1. The molecule has 1 aliphatic rings. The lowest BCUT2D eigenvalue weighted by Crippen LogP contribution is -2.24. The van der Waals surface area contributed by atoms with E-state index in [1.807, 2.05) is 6.26 Å². The van der Waals surface area contributed by atoms with Crippen LogP contribution >= 0.6 is 34.9 Å². The van der Waals surface area contributed by atoms with Crippen LogP contribution in [0.1, 0.15) is 43.0 Å². The largest absolute Gasteiger partial charge is 0.549 e. The number of aliphatic carboxylic acids is 1. The van der Waals surface area contributed by atoms with Gasteiger partial charge in [0, 0.05) is 16.8 Å². The lowest BCUT2D eigenvalue weighted by molar-refractivity contribution is -0.301. The topological polar surface area (TPSA) is 78.8 Å².